The van der Waals surface area contributed by atoms with Crippen LogP contribution < -0.4 is 4.74 Å². The molecule has 0 radical (unpaired) electrons. The number of hydrogen-bond acceptors (Lipinski definition) is 3. The summed E-state index contributed by atoms with van der Waals surface area (Å²) in [5.41, 5.74) is 2.83. The van der Waals surface area contributed by atoms with Crippen molar-refractivity contribution in [1.29, 1.82) is 0 Å². The summed E-state index contributed by atoms with van der Waals surface area (Å²) in [6.45, 7) is 2.62. The third-order valence-corrected chi connectivity index (χ3v) is 4.28. The maximum atomic E-state index is 11.0. The van der Waals surface area contributed by atoms with E-state index >= 15 is 0 Å². The number of fused-ring (bicyclic) bond motifs is 4. The molecule has 1 aromatic rings. The van der Waals surface area contributed by atoms with E-state index in [4.69, 9.17) is 4.74 Å². The zero-order valence-corrected chi connectivity index (χ0v) is 12.2. The maximum absolute atomic E-state index is 11.0. The number of benzene rings is 1. The minimum absolute atomic E-state index is 0. The molecule has 2 aliphatic rings. The molecule has 1 aliphatic carbocycles. The van der Waals surface area contributed by atoms with Crippen LogP contribution in [-0.4, -0.2) is 30.5 Å². The predicted octanol–water partition coefficient (Wildman–Crippen LogP) is 2.77. The van der Waals surface area contributed by atoms with Gasteiger partial charge < -0.3 is 9.64 Å². The van der Waals surface area contributed by atoms with Crippen LogP contribution >= 0.6 is 12.4 Å². The van der Waals surface area contributed by atoms with Gasteiger partial charge in [0.05, 0.1) is 0 Å². The number of likely N-dealkylation sites (tertiary alicyclic amines) is 1. The summed E-state index contributed by atoms with van der Waals surface area (Å²) >= 11 is 0. The van der Waals surface area contributed by atoms with Crippen molar-refractivity contribution in [2.45, 2.75) is 38.1 Å². The van der Waals surface area contributed by atoms with Gasteiger partial charge in [0.2, 0.25) is 0 Å². The quantitative estimate of drug-likeness (QED) is 0.586. The lowest BCUT2D eigenvalue weighted by Gasteiger charge is -2.42. The summed E-state index contributed by atoms with van der Waals surface area (Å²) in [4.78, 5) is 13.5. The van der Waals surface area contributed by atoms with E-state index in [9.17, 15) is 4.79 Å². The Morgan fingerprint density at radius 2 is 2.21 bits per heavy atom. The Labute approximate surface area is 120 Å². The largest absolute Gasteiger partial charge is 0.427 e. The van der Waals surface area contributed by atoms with E-state index in [0.717, 1.165) is 6.42 Å². The monoisotopic (exact) mass is 281 g/mol. The summed E-state index contributed by atoms with van der Waals surface area (Å²) in [6, 6.07) is 6.81. The van der Waals surface area contributed by atoms with Crippen molar-refractivity contribution in [2.24, 2.45) is 0 Å². The van der Waals surface area contributed by atoms with Gasteiger partial charge in [0.15, 0.2) is 0 Å². The van der Waals surface area contributed by atoms with Gasteiger partial charge in [0.1, 0.15) is 5.75 Å². The number of esters is 1. The second-order valence-corrected chi connectivity index (χ2v) is 5.51. The number of piperidine rings is 1. The molecule has 3 nitrogen and oxygen atoms in total. The van der Waals surface area contributed by atoms with E-state index in [1.165, 1.54) is 37.4 Å². The van der Waals surface area contributed by atoms with Crippen molar-refractivity contribution in [1.82, 2.24) is 4.90 Å². The first-order valence-corrected chi connectivity index (χ1v) is 6.65. The van der Waals surface area contributed by atoms with Gasteiger partial charge in [0.25, 0.3) is 0 Å². The fourth-order valence-corrected chi connectivity index (χ4v) is 3.31. The molecule has 1 aliphatic heterocycles. The van der Waals surface area contributed by atoms with Crippen LogP contribution in [0, 0.1) is 0 Å². The van der Waals surface area contributed by atoms with Crippen molar-refractivity contribution in [3.63, 3.8) is 0 Å². The van der Waals surface area contributed by atoms with Gasteiger partial charge in [-0.1, -0.05) is 6.07 Å². The number of hydrogen-bond donors (Lipinski definition) is 0. The molecular weight excluding hydrogens is 262 g/mol. The summed E-state index contributed by atoms with van der Waals surface area (Å²) in [6.07, 6.45) is 3.58. The Morgan fingerprint density at radius 3 is 2.95 bits per heavy atom. The average Bonchev–Trinajstić information content (AvgIpc) is 2.34. The molecule has 19 heavy (non-hydrogen) atoms. The highest BCUT2D eigenvalue weighted by molar-refractivity contribution is 5.85. The molecule has 0 saturated carbocycles. The molecule has 1 heterocycles. The highest BCUT2D eigenvalue weighted by atomic mass is 35.5. The standard InChI is InChI=1S/C15H19NO2.ClH/c1-10(17)18-14-4-3-11-7-13-8-12(15(11)9-14)5-6-16(13)2;/h3-4,9,12-13H,5-8H2,1-2H3;1H. The molecule has 1 fully saturated rings. The number of nitrogens with zero attached hydrogens (tertiary/aromatic N) is 1. The van der Waals surface area contributed by atoms with Crippen LogP contribution in [0.25, 0.3) is 0 Å². The lowest BCUT2D eigenvalue weighted by Crippen LogP contribution is -2.43. The first kappa shape index (κ1) is 14.4. The van der Waals surface area contributed by atoms with E-state index in [1.54, 1.807) is 0 Å². The lowest BCUT2D eigenvalue weighted by molar-refractivity contribution is -0.131. The Morgan fingerprint density at radius 1 is 1.42 bits per heavy atom. The summed E-state index contributed by atoms with van der Waals surface area (Å²) < 4.78 is 5.19. The van der Waals surface area contributed by atoms with Gasteiger partial charge in [-0.15, -0.1) is 12.4 Å². The summed E-state index contributed by atoms with van der Waals surface area (Å²) in [5.74, 6) is 1.09. The third kappa shape index (κ3) is 2.77. The van der Waals surface area contributed by atoms with Crippen LogP contribution in [0.15, 0.2) is 18.2 Å². The number of halogens is 1. The molecule has 1 saturated heterocycles. The zero-order valence-electron chi connectivity index (χ0n) is 11.4. The van der Waals surface area contributed by atoms with E-state index in [0.29, 0.717) is 17.7 Å². The van der Waals surface area contributed by atoms with Gasteiger partial charge in [0, 0.05) is 13.0 Å². The lowest BCUT2D eigenvalue weighted by atomic mass is 9.75. The minimum Gasteiger partial charge on any atom is -0.427 e. The van der Waals surface area contributed by atoms with Gasteiger partial charge >= 0.3 is 5.97 Å². The molecule has 2 bridgehead atoms. The molecule has 4 heteroatoms. The first-order chi connectivity index (χ1) is 8.63. The number of carbonyl (C=O) groups is 1. The molecule has 104 valence electrons. The maximum Gasteiger partial charge on any atom is 0.308 e. The van der Waals surface area contributed by atoms with Gasteiger partial charge in [-0.25, -0.2) is 0 Å². The third-order valence-electron chi connectivity index (χ3n) is 4.28. The Balaban J connectivity index is 0.00000133. The number of carbonyl (C=O) groups excluding carboxylic acids is 1. The highest BCUT2D eigenvalue weighted by Gasteiger charge is 2.33. The van der Waals surface area contributed by atoms with Crippen LogP contribution in [0.1, 0.15) is 36.8 Å². The van der Waals surface area contributed by atoms with Crippen molar-refractivity contribution in [3.8, 4) is 5.75 Å². The molecule has 0 aromatic heterocycles. The molecule has 2 atom stereocenters. The van der Waals surface area contributed by atoms with E-state index in [1.807, 2.05) is 6.07 Å². The molecule has 0 N–H and O–H groups in total. The Hall–Kier alpha value is -1.06. The first-order valence-electron chi connectivity index (χ1n) is 6.65. The van der Waals surface area contributed by atoms with Crippen molar-refractivity contribution >= 4 is 18.4 Å². The van der Waals surface area contributed by atoms with Gasteiger partial charge in [-0.05, 0) is 62.0 Å². The SMILES string of the molecule is CC(=O)Oc1ccc2c(c1)C1CCN(C)C(C2)C1.Cl. The number of rotatable bonds is 1. The summed E-state index contributed by atoms with van der Waals surface area (Å²) in [5, 5.41) is 0. The van der Waals surface area contributed by atoms with Gasteiger partial charge in [-0.3, -0.25) is 4.79 Å². The molecule has 0 spiro atoms. The predicted molar refractivity (Wildman–Crippen MR) is 77.1 cm³/mol. The second kappa shape index (κ2) is 5.51. The molecule has 2 unspecified atom stereocenters. The van der Waals surface area contributed by atoms with Gasteiger partial charge in [-0.2, -0.15) is 0 Å². The smallest absolute Gasteiger partial charge is 0.308 e. The fraction of sp³-hybridized carbons (Fsp3) is 0.533. The topological polar surface area (TPSA) is 29.5 Å². The van der Waals surface area contributed by atoms with Crippen LogP contribution in [0.2, 0.25) is 0 Å². The van der Waals surface area contributed by atoms with Crippen LogP contribution in [0.5, 0.6) is 5.75 Å². The van der Waals surface area contributed by atoms with Crippen molar-refractivity contribution in [3.05, 3.63) is 29.3 Å². The molecule has 0 amide bonds. The van der Waals surface area contributed by atoms with Crippen LogP contribution in [0.3, 0.4) is 0 Å². The van der Waals surface area contributed by atoms with E-state index < -0.39 is 0 Å². The Kier molecular flexibility index (Phi) is 4.16. The van der Waals surface area contributed by atoms with Crippen LogP contribution in [-0.2, 0) is 11.2 Å². The normalized spacial score (nSPS) is 25.2. The summed E-state index contributed by atoms with van der Waals surface area (Å²) in [7, 11) is 2.22. The second-order valence-electron chi connectivity index (χ2n) is 5.51. The van der Waals surface area contributed by atoms with Crippen LogP contribution in [0.4, 0.5) is 0 Å². The molecule has 1 aromatic carbocycles. The molecule has 3 rings (SSSR count). The van der Waals surface area contributed by atoms with Crippen molar-refractivity contribution in [2.75, 3.05) is 13.6 Å². The number of ether oxygens (including phenoxy) is 1. The fourth-order valence-electron chi connectivity index (χ4n) is 3.31. The Bertz CT molecular complexity index is 489. The van der Waals surface area contributed by atoms with E-state index in [-0.39, 0.29) is 18.4 Å². The molecular formula is C15H20ClNO2. The highest BCUT2D eigenvalue weighted by Crippen LogP contribution is 2.40. The number of likely N-dealkylation sites (N-methyl/N-ethyl adjacent to an activating group) is 1. The minimum atomic E-state index is -0.244. The zero-order chi connectivity index (χ0) is 12.7. The van der Waals surface area contributed by atoms with E-state index in [2.05, 4.69) is 24.1 Å². The average molecular weight is 282 g/mol. The van der Waals surface area contributed by atoms with Crippen molar-refractivity contribution < 1.29 is 9.53 Å².